The monoisotopic (exact) mass is 196 g/mol. The molecule has 84 valence electrons. The van der Waals surface area contributed by atoms with E-state index in [1.165, 1.54) is 7.28 Å². The Morgan fingerprint density at radius 3 is 1.36 bits per heavy atom. The van der Waals surface area contributed by atoms with Gasteiger partial charge in [-0.15, -0.1) is 0 Å². The third kappa shape index (κ3) is 3.33. The molecule has 0 fully saturated rings. The minimum absolute atomic E-state index is 0.388. The van der Waals surface area contributed by atoms with Crippen molar-refractivity contribution in [1.29, 1.82) is 0 Å². The molecule has 0 spiro atoms. The third-order valence-corrected chi connectivity index (χ3v) is 4.49. The molecule has 0 nitrogen and oxygen atoms in total. The van der Waals surface area contributed by atoms with Crippen molar-refractivity contribution in [2.45, 2.75) is 72.9 Å². The minimum Gasteiger partial charge on any atom is -0.0666 e. The molecule has 0 amide bonds. The SMILES string of the molecule is CC(C)C(C)(C)BC(C)(C)C(C)(C)C. The summed E-state index contributed by atoms with van der Waals surface area (Å²) in [4.78, 5) is 0. The summed E-state index contributed by atoms with van der Waals surface area (Å²) in [5, 5.41) is 0.845. The molecule has 0 heterocycles. The fourth-order valence-corrected chi connectivity index (χ4v) is 1.61. The van der Waals surface area contributed by atoms with Crippen molar-refractivity contribution in [3.63, 3.8) is 0 Å². The van der Waals surface area contributed by atoms with Gasteiger partial charge in [0, 0.05) is 0 Å². The number of hydrogen-bond donors (Lipinski definition) is 0. The van der Waals surface area contributed by atoms with E-state index in [4.69, 9.17) is 0 Å². The molecule has 0 aromatic rings. The van der Waals surface area contributed by atoms with Gasteiger partial charge in [0.25, 0.3) is 0 Å². The van der Waals surface area contributed by atoms with E-state index in [1.807, 2.05) is 0 Å². The van der Waals surface area contributed by atoms with Gasteiger partial charge >= 0.3 is 0 Å². The summed E-state index contributed by atoms with van der Waals surface area (Å²) in [6, 6.07) is 0. The molecule has 0 saturated heterocycles. The van der Waals surface area contributed by atoms with E-state index < -0.39 is 0 Å². The molecular formula is C13H29B. The Labute approximate surface area is 92.1 Å². The highest BCUT2D eigenvalue weighted by molar-refractivity contribution is 6.44. The van der Waals surface area contributed by atoms with E-state index in [1.54, 1.807) is 0 Å². The van der Waals surface area contributed by atoms with E-state index >= 15 is 0 Å². The topological polar surface area (TPSA) is 0 Å². The van der Waals surface area contributed by atoms with Crippen LogP contribution in [0.5, 0.6) is 0 Å². The molecule has 0 aliphatic rings. The van der Waals surface area contributed by atoms with Gasteiger partial charge in [-0.3, -0.25) is 0 Å². The average molecular weight is 196 g/mol. The molecule has 0 aliphatic heterocycles. The molecule has 0 aromatic carbocycles. The number of rotatable bonds is 3. The van der Waals surface area contributed by atoms with Crippen LogP contribution in [-0.4, -0.2) is 7.28 Å². The van der Waals surface area contributed by atoms with Gasteiger partial charge in [0.2, 0.25) is 0 Å². The molecule has 0 atom stereocenters. The van der Waals surface area contributed by atoms with Crippen LogP contribution in [0, 0.1) is 11.3 Å². The van der Waals surface area contributed by atoms with Crippen LogP contribution in [0.2, 0.25) is 10.6 Å². The van der Waals surface area contributed by atoms with Crippen LogP contribution in [-0.2, 0) is 0 Å². The maximum absolute atomic E-state index is 2.40. The maximum Gasteiger partial charge on any atom is 0.135 e. The fraction of sp³-hybridized carbons (Fsp3) is 1.00. The molecule has 0 unspecified atom stereocenters. The smallest absolute Gasteiger partial charge is 0.0666 e. The van der Waals surface area contributed by atoms with Crippen molar-refractivity contribution in [3.05, 3.63) is 0 Å². The van der Waals surface area contributed by atoms with Crippen molar-refractivity contribution < 1.29 is 0 Å². The summed E-state index contributed by atoms with van der Waals surface area (Å²) in [7, 11) is 1.29. The molecule has 14 heavy (non-hydrogen) atoms. The van der Waals surface area contributed by atoms with E-state index in [-0.39, 0.29) is 0 Å². The first kappa shape index (κ1) is 14.1. The normalized spacial score (nSPS) is 14.7. The Hall–Kier alpha value is 0.0649. The zero-order chi connectivity index (χ0) is 11.8. The van der Waals surface area contributed by atoms with E-state index in [0.29, 0.717) is 16.0 Å². The molecule has 0 saturated carbocycles. The maximum atomic E-state index is 2.40. The van der Waals surface area contributed by atoms with Crippen LogP contribution >= 0.6 is 0 Å². The summed E-state index contributed by atoms with van der Waals surface area (Å²) in [5.41, 5.74) is 0.388. The molecule has 0 rings (SSSR count). The van der Waals surface area contributed by atoms with Crippen LogP contribution in [0.25, 0.3) is 0 Å². The molecule has 1 heteroatoms. The Kier molecular flexibility index (Phi) is 3.92. The summed E-state index contributed by atoms with van der Waals surface area (Å²) in [5.74, 6) is 0.754. The quantitative estimate of drug-likeness (QED) is 0.582. The van der Waals surface area contributed by atoms with Crippen molar-refractivity contribution >= 4 is 7.28 Å². The van der Waals surface area contributed by atoms with Crippen LogP contribution in [0.15, 0.2) is 0 Å². The Balaban J connectivity index is 4.67. The molecule has 0 aromatic heterocycles. The van der Waals surface area contributed by atoms with Gasteiger partial charge in [0.1, 0.15) is 7.28 Å². The van der Waals surface area contributed by atoms with Gasteiger partial charge < -0.3 is 0 Å². The van der Waals surface area contributed by atoms with Gasteiger partial charge in [0.15, 0.2) is 0 Å². The molecular weight excluding hydrogens is 167 g/mol. The standard InChI is InChI=1S/C13H29B/c1-10(2)12(6,7)14-13(8,9)11(3,4)5/h10,14H,1-9H3. The third-order valence-electron chi connectivity index (χ3n) is 4.49. The largest absolute Gasteiger partial charge is 0.135 e. The lowest BCUT2D eigenvalue weighted by atomic mass is 9.33. The highest BCUT2D eigenvalue weighted by Gasteiger charge is 2.39. The Bertz CT molecular complexity index is 182. The van der Waals surface area contributed by atoms with Gasteiger partial charge in [-0.2, -0.15) is 0 Å². The Morgan fingerprint density at radius 2 is 1.14 bits per heavy atom. The predicted molar refractivity (Wildman–Crippen MR) is 69.5 cm³/mol. The van der Waals surface area contributed by atoms with Gasteiger partial charge in [-0.1, -0.05) is 72.9 Å². The lowest BCUT2D eigenvalue weighted by Crippen LogP contribution is -2.36. The summed E-state index contributed by atoms with van der Waals surface area (Å²) in [6.45, 7) is 21.3. The average Bonchev–Trinajstić information content (AvgIpc) is 1.80. The van der Waals surface area contributed by atoms with E-state index in [9.17, 15) is 0 Å². The highest BCUT2D eigenvalue weighted by atomic mass is 14.3. The molecule has 0 bridgehead atoms. The van der Waals surface area contributed by atoms with Gasteiger partial charge in [0.05, 0.1) is 0 Å². The lowest BCUT2D eigenvalue weighted by molar-refractivity contribution is 0.287. The lowest BCUT2D eigenvalue weighted by Gasteiger charge is -2.44. The first-order valence-electron chi connectivity index (χ1n) is 5.90. The molecule has 0 N–H and O–H groups in total. The van der Waals surface area contributed by atoms with Crippen LogP contribution in [0.4, 0.5) is 0 Å². The second-order valence-corrected chi connectivity index (χ2v) is 7.45. The highest BCUT2D eigenvalue weighted by Crippen LogP contribution is 2.50. The van der Waals surface area contributed by atoms with Gasteiger partial charge in [-0.05, 0) is 11.3 Å². The van der Waals surface area contributed by atoms with Crippen LogP contribution < -0.4 is 0 Å². The minimum atomic E-state index is 0.388. The zero-order valence-corrected chi connectivity index (χ0v) is 11.8. The van der Waals surface area contributed by atoms with E-state index in [2.05, 4.69) is 62.3 Å². The fourth-order valence-electron chi connectivity index (χ4n) is 1.61. The first-order valence-corrected chi connectivity index (χ1v) is 5.90. The van der Waals surface area contributed by atoms with Crippen molar-refractivity contribution in [2.75, 3.05) is 0 Å². The van der Waals surface area contributed by atoms with Crippen molar-refractivity contribution in [3.8, 4) is 0 Å². The zero-order valence-electron chi connectivity index (χ0n) is 11.8. The summed E-state index contributed by atoms with van der Waals surface area (Å²) >= 11 is 0. The summed E-state index contributed by atoms with van der Waals surface area (Å²) in [6.07, 6.45) is 0. The summed E-state index contributed by atoms with van der Waals surface area (Å²) < 4.78 is 0. The number of hydrogen-bond acceptors (Lipinski definition) is 0. The van der Waals surface area contributed by atoms with E-state index in [0.717, 1.165) is 5.92 Å². The Morgan fingerprint density at radius 1 is 0.786 bits per heavy atom. The second kappa shape index (κ2) is 3.91. The van der Waals surface area contributed by atoms with Crippen LogP contribution in [0.3, 0.4) is 0 Å². The van der Waals surface area contributed by atoms with Crippen LogP contribution in [0.1, 0.15) is 62.3 Å². The van der Waals surface area contributed by atoms with Gasteiger partial charge in [-0.25, -0.2) is 0 Å². The van der Waals surface area contributed by atoms with Crippen molar-refractivity contribution in [1.82, 2.24) is 0 Å². The first-order chi connectivity index (χ1) is 5.90. The predicted octanol–water partition coefficient (Wildman–Crippen LogP) is 4.52. The second-order valence-electron chi connectivity index (χ2n) is 7.45. The molecule has 0 aliphatic carbocycles. The van der Waals surface area contributed by atoms with Crippen molar-refractivity contribution in [2.24, 2.45) is 11.3 Å². The molecule has 0 radical (unpaired) electrons.